The number of carbonyl (C=O) groups excluding carboxylic acids is 2. The summed E-state index contributed by atoms with van der Waals surface area (Å²) >= 11 is 7.67. The normalized spacial score (nSPS) is 19.0. The maximum atomic E-state index is 12.5. The van der Waals surface area contributed by atoms with Gasteiger partial charge in [0.15, 0.2) is 10.1 Å². The van der Waals surface area contributed by atoms with E-state index in [4.69, 9.17) is 11.6 Å². The number of piperazine rings is 1. The SMILES string of the molecule is O=C(/C=C/c1c(Cl)nc2sccn12)N1CCN(CC(=O)N2CCCCC2)CC1. The van der Waals surface area contributed by atoms with Crippen molar-refractivity contribution in [3.8, 4) is 0 Å². The first-order valence-corrected chi connectivity index (χ1v) is 11.0. The standard InChI is InChI=1S/C19H24ClN5O2S/c20-18-15(25-12-13-28-19(25)21-18)4-5-16(26)24-10-8-22(9-11-24)14-17(27)23-6-2-1-3-7-23/h4-5,12-13H,1-3,6-11,14H2/b5-4+. The van der Waals surface area contributed by atoms with Crippen LogP contribution in [0.5, 0.6) is 0 Å². The van der Waals surface area contributed by atoms with E-state index in [2.05, 4.69) is 9.88 Å². The molecule has 0 saturated carbocycles. The lowest BCUT2D eigenvalue weighted by atomic mass is 10.1. The fourth-order valence-corrected chi connectivity index (χ4v) is 4.75. The summed E-state index contributed by atoms with van der Waals surface area (Å²) in [5, 5.41) is 2.33. The molecule has 150 valence electrons. The second-order valence-corrected chi connectivity index (χ2v) is 8.45. The van der Waals surface area contributed by atoms with Crippen molar-refractivity contribution in [2.45, 2.75) is 19.3 Å². The van der Waals surface area contributed by atoms with Crippen LogP contribution in [0.3, 0.4) is 0 Å². The van der Waals surface area contributed by atoms with Gasteiger partial charge in [0, 0.05) is 56.9 Å². The molecule has 2 aromatic rings. The molecule has 2 aromatic heterocycles. The molecule has 9 heteroatoms. The Balaban J connectivity index is 1.28. The first-order chi connectivity index (χ1) is 13.6. The fraction of sp³-hybridized carbons (Fsp3) is 0.526. The summed E-state index contributed by atoms with van der Waals surface area (Å²) in [6.07, 6.45) is 8.62. The van der Waals surface area contributed by atoms with E-state index in [-0.39, 0.29) is 11.8 Å². The predicted octanol–water partition coefficient (Wildman–Crippen LogP) is 2.22. The van der Waals surface area contributed by atoms with Crippen LogP contribution in [-0.4, -0.2) is 81.7 Å². The highest BCUT2D eigenvalue weighted by Gasteiger charge is 2.24. The van der Waals surface area contributed by atoms with Gasteiger partial charge in [0.05, 0.1) is 12.2 Å². The summed E-state index contributed by atoms with van der Waals surface area (Å²) in [6, 6.07) is 0. The van der Waals surface area contributed by atoms with E-state index in [9.17, 15) is 9.59 Å². The van der Waals surface area contributed by atoms with Crippen molar-refractivity contribution in [1.29, 1.82) is 0 Å². The van der Waals surface area contributed by atoms with E-state index >= 15 is 0 Å². The monoisotopic (exact) mass is 421 g/mol. The maximum Gasteiger partial charge on any atom is 0.246 e. The number of amides is 2. The van der Waals surface area contributed by atoms with Gasteiger partial charge >= 0.3 is 0 Å². The number of piperidine rings is 1. The number of nitrogens with zero attached hydrogens (tertiary/aromatic N) is 5. The van der Waals surface area contributed by atoms with E-state index in [1.807, 2.05) is 25.8 Å². The molecule has 7 nitrogen and oxygen atoms in total. The minimum absolute atomic E-state index is 0.0387. The number of aromatic nitrogens is 2. The lowest BCUT2D eigenvalue weighted by molar-refractivity contribution is -0.134. The van der Waals surface area contributed by atoms with Crippen molar-refractivity contribution >= 4 is 45.8 Å². The molecule has 0 aromatic carbocycles. The molecule has 0 bridgehead atoms. The number of carbonyl (C=O) groups is 2. The van der Waals surface area contributed by atoms with Crippen LogP contribution < -0.4 is 0 Å². The third-order valence-electron chi connectivity index (χ3n) is 5.39. The second kappa shape index (κ2) is 8.63. The highest BCUT2D eigenvalue weighted by molar-refractivity contribution is 7.15. The molecular formula is C19H24ClN5O2S. The molecule has 2 fully saturated rings. The average molecular weight is 422 g/mol. The van der Waals surface area contributed by atoms with Crippen LogP contribution in [0.25, 0.3) is 11.0 Å². The van der Waals surface area contributed by atoms with Crippen LogP contribution >= 0.6 is 22.9 Å². The van der Waals surface area contributed by atoms with Gasteiger partial charge in [-0.2, -0.15) is 0 Å². The Bertz CT molecular complexity index is 878. The Morgan fingerprint density at radius 1 is 1.07 bits per heavy atom. The summed E-state index contributed by atoms with van der Waals surface area (Å²) in [5.74, 6) is 0.179. The highest BCUT2D eigenvalue weighted by atomic mass is 35.5. The van der Waals surface area contributed by atoms with Crippen LogP contribution in [0.2, 0.25) is 5.15 Å². The Morgan fingerprint density at radius 2 is 1.82 bits per heavy atom. The summed E-state index contributed by atoms with van der Waals surface area (Å²) in [4.78, 5) is 36.0. The number of halogens is 1. The lowest BCUT2D eigenvalue weighted by Crippen LogP contribution is -2.51. The molecule has 4 heterocycles. The van der Waals surface area contributed by atoms with Crippen LogP contribution in [-0.2, 0) is 9.59 Å². The van der Waals surface area contributed by atoms with Crippen LogP contribution in [0.15, 0.2) is 17.7 Å². The van der Waals surface area contributed by atoms with Gasteiger partial charge in [0.1, 0.15) is 0 Å². The molecule has 0 atom stereocenters. The molecule has 0 N–H and O–H groups in total. The molecule has 0 radical (unpaired) electrons. The molecular weight excluding hydrogens is 398 g/mol. The third-order valence-corrected chi connectivity index (χ3v) is 6.42. The zero-order chi connectivity index (χ0) is 19.5. The van der Waals surface area contributed by atoms with E-state index in [1.165, 1.54) is 17.8 Å². The molecule has 2 aliphatic heterocycles. The number of thiazole rings is 1. The smallest absolute Gasteiger partial charge is 0.246 e. The number of likely N-dealkylation sites (tertiary alicyclic amines) is 1. The number of imidazole rings is 1. The van der Waals surface area contributed by atoms with Crippen LogP contribution in [0, 0.1) is 0 Å². The first-order valence-electron chi connectivity index (χ1n) is 9.70. The number of hydrogen-bond acceptors (Lipinski definition) is 5. The Hall–Kier alpha value is -1.90. The first kappa shape index (κ1) is 19.4. The summed E-state index contributed by atoms with van der Waals surface area (Å²) in [5.41, 5.74) is 0.719. The van der Waals surface area contributed by atoms with E-state index in [0.717, 1.165) is 49.7 Å². The number of hydrogen-bond donors (Lipinski definition) is 0. The summed E-state index contributed by atoms with van der Waals surface area (Å²) < 4.78 is 1.88. The van der Waals surface area contributed by atoms with Gasteiger partial charge in [-0.25, -0.2) is 4.98 Å². The minimum Gasteiger partial charge on any atom is -0.342 e. The van der Waals surface area contributed by atoms with Crippen molar-refractivity contribution in [3.05, 3.63) is 28.5 Å². The molecule has 2 aliphatic rings. The number of fused-ring (bicyclic) bond motifs is 1. The third kappa shape index (κ3) is 4.24. The van der Waals surface area contributed by atoms with Crippen molar-refractivity contribution in [2.24, 2.45) is 0 Å². The van der Waals surface area contributed by atoms with Gasteiger partial charge < -0.3 is 9.80 Å². The van der Waals surface area contributed by atoms with Gasteiger partial charge in [-0.15, -0.1) is 11.3 Å². The van der Waals surface area contributed by atoms with Gasteiger partial charge in [-0.1, -0.05) is 11.6 Å². The largest absolute Gasteiger partial charge is 0.342 e. The topological polar surface area (TPSA) is 61.2 Å². The van der Waals surface area contributed by atoms with Crippen molar-refractivity contribution in [3.63, 3.8) is 0 Å². The summed E-state index contributed by atoms with van der Waals surface area (Å²) in [7, 11) is 0. The zero-order valence-electron chi connectivity index (χ0n) is 15.7. The molecule has 2 saturated heterocycles. The zero-order valence-corrected chi connectivity index (χ0v) is 17.3. The van der Waals surface area contributed by atoms with Crippen molar-refractivity contribution in [2.75, 3.05) is 45.8 Å². The highest BCUT2D eigenvalue weighted by Crippen LogP contribution is 2.22. The lowest BCUT2D eigenvalue weighted by Gasteiger charge is -2.35. The Labute approximate surface area is 173 Å². The molecule has 28 heavy (non-hydrogen) atoms. The van der Waals surface area contributed by atoms with Gasteiger partial charge in [-0.05, 0) is 25.3 Å². The Morgan fingerprint density at radius 3 is 2.57 bits per heavy atom. The quantitative estimate of drug-likeness (QED) is 0.710. The van der Waals surface area contributed by atoms with E-state index in [0.29, 0.717) is 24.8 Å². The number of rotatable bonds is 4. The van der Waals surface area contributed by atoms with Gasteiger partial charge in [0.25, 0.3) is 0 Å². The van der Waals surface area contributed by atoms with Crippen LogP contribution in [0.1, 0.15) is 25.0 Å². The molecule has 0 spiro atoms. The molecule has 4 rings (SSSR count). The molecule has 0 aliphatic carbocycles. The van der Waals surface area contributed by atoms with Crippen LogP contribution in [0.4, 0.5) is 0 Å². The molecule has 0 unspecified atom stereocenters. The van der Waals surface area contributed by atoms with Crippen molar-refractivity contribution < 1.29 is 9.59 Å². The fourth-order valence-electron chi connectivity index (χ4n) is 3.74. The summed E-state index contributed by atoms with van der Waals surface area (Å²) in [6.45, 7) is 4.93. The van der Waals surface area contributed by atoms with Gasteiger partial charge in [0.2, 0.25) is 11.8 Å². The van der Waals surface area contributed by atoms with Crippen molar-refractivity contribution in [1.82, 2.24) is 24.1 Å². The predicted molar refractivity (Wildman–Crippen MR) is 111 cm³/mol. The van der Waals surface area contributed by atoms with E-state index in [1.54, 1.807) is 12.2 Å². The maximum absolute atomic E-state index is 12.5. The second-order valence-electron chi connectivity index (χ2n) is 7.22. The molecule has 2 amide bonds. The minimum atomic E-state index is -0.0387. The average Bonchev–Trinajstić information content (AvgIpc) is 3.28. The van der Waals surface area contributed by atoms with Gasteiger partial charge in [-0.3, -0.25) is 18.9 Å². The Kier molecular flexibility index (Phi) is 5.99. The van der Waals surface area contributed by atoms with E-state index < -0.39 is 0 Å².